The Labute approximate surface area is 90.5 Å². The second-order valence-electron chi connectivity index (χ2n) is 3.61. The van der Waals surface area contributed by atoms with Gasteiger partial charge in [-0.25, -0.2) is 0 Å². The molecule has 80 valence electrons. The zero-order valence-corrected chi connectivity index (χ0v) is 9.93. The maximum atomic E-state index is 5.30. The Morgan fingerprint density at radius 2 is 2.21 bits per heavy atom. The van der Waals surface area contributed by atoms with E-state index in [2.05, 4.69) is 26.1 Å². The number of nitrogens with one attached hydrogen (secondary N) is 1. The maximum absolute atomic E-state index is 5.30. The Bertz CT molecular complexity index is 233. The molecule has 14 heavy (non-hydrogen) atoms. The van der Waals surface area contributed by atoms with Gasteiger partial charge in [0.2, 0.25) is 0 Å². The molecule has 0 saturated carbocycles. The quantitative estimate of drug-likeness (QED) is 0.735. The van der Waals surface area contributed by atoms with Crippen molar-refractivity contribution in [1.29, 1.82) is 0 Å². The van der Waals surface area contributed by atoms with Crippen molar-refractivity contribution in [3.8, 4) is 0 Å². The first kappa shape index (κ1) is 11.7. The molecular formula is C11H19NOS. The summed E-state index contributed by atoms with van der Waals surface area (Å²) in [5, 5.41) is 4.14. The van der Waals surface area contributed by atoms with Crippen molar-refractivity contribution in [2.24, 2.45) is 0 Å². The average Bonchev–Trinajstić information content (AvgIpc) is 2.64. The van der Waals surface area contributed by atoms with Gasteiger partial charge in [-0.05, 0) is 24.3 Å². The largest absolute Gasteiger partial charge is 0.468 e. The van der Waals surface area contributed by atoms with E-state index in [4.69, 9.17) is 4.42 Å². The second-order valence-corrected chi connectivity index (χ2v) is 5.30. The minimum Gasteiger partial charge on any atom is -0.468 e. The van der Waals surface area contributed by atoms with Gasteiger partial charge < -0.3 is 9.73 Å². The molecule has 0 saturated heterocycles. The van der Waals surface area contributed by atoms with Crippen LogP contribution in [0.3, 0.4) is 0 Å². The molecule has 0 fully saturated rings. The number of hydrogen-bond acceptors (Lipinski definition) is 3. The number of rotatable bonds is 6. The van der Waals surface area contributed by atoms with Gasteiger partial charge in [-0.2, -0.15) is 11.8 Å². The van der Waals surface area contributed by atoms with E-state index in [1.165, 1.54) is 0 Å². The van der Waals surface area contributed by atoms with Gasteiger partial charge in [-0.15, -0.1) is 0 Å². The van der Waals surface area contributed by atoms with Gasteiger partial charge in [0.25, 0.3) is 0 Å². The Balaban J connectivity index is 2.13. The lowest BCUT2D eigenvalue weighted by atomic mass is 10.2. The van der Waals surface area contributed by atoms with Crippen LogP contribution in [0.1, 0.15) is 32.6 Å². The summed E-state index contributed by atoms with van der Waals surface area (Å²) in [6.45, 7) is 7.60. The number of furan rings is 1. The molecule has 3 heteroatoms. The van der Waals surface area contributed by atoms with E-state index in [1.807, 2.05) is 23.9 Å². The molecule has 1 aromatic heterocycles. The fraction of sp³-hybridized carbons (Fsp3) is 0.636. The van der Waals surface area contributed by atoms with Crippen LogP contribution in [-0.2, 0) is 0 Å². The molecule has 0 amide bonds. The van der Waals surface area contributed by atoms with Crippen LogP contribution in [0.25, 0.3) is 0 Å². The van der Waals surface area contributed by atoms with Crippen LogP contribution < -0.4 is 5.32 Å². The van der Waals surface area contributed by atoms with Crippen molar-refractivity contribution in [1.82, 2.24) is 5.32 Å². The third-order valence-electron chi connectivity index (χ3n) is 1.97. The summed E-state index contributed by atoms with van der Waals surface area (Å²) in [5.41, 5.74) is 0. The highest BCUT2D eigenvalue weighted by Gasteiger charge is 2.06. The van der Waals surface area contributed by atoms with Crippen molar-refractivity contribution in [3.63, 3.8) is 0 Å². The van der Waals surface area contributed by atoms with E-state index in [0.717, 1.165) is 23.3 Å². The van der Waals surface area contributed by atoms with Crippen LogP contribution >= 0.6 is 11.8 Å². The smallest absolute Gasteiger partial charge is 0.120 e. The lowest BCUT2D eigenvalue weighted by molar-refractivity contribution is 0.438. The first-order valence-corrected chi connectivity index (χ1v) is 6.13. The molecule has 0 aliphatic carbocycles. The molecule has 2 nitrogen and oxygen atoms in total. The minimum absolute atomic E-state index is 0.317. The van der Waals surface area contributed by atoms with Crippen molar-refractivity contribution < 1.29 is 4.42 Å². The minimum atomic E-state index is 0.317. The van der Waals surface area contributed by atoms with Gasteiger partial charge in [0.05, 0.1) is 12.3 Å². The summed E-state index contributed by atoms with van der Waals surface area (Å²) in [5.74, 6) is 2.17. The number of hydrogen-bond donors (Lipinski definition) is 1. The molecule has 0 aromatic carbocycles. The van der Waals surface area contributed by atoms with E-state index >= 15 is 0 Å². The van der Waals surface area contributed by atoms with E-state index in [1.54, 1.807) is 6.26 Å². The summed E-state index contributed by atoms with van der Waals surface area (Å²) in [6, 6.07) is 4.25. The lowest BCUT2D eigenvalue weighted by Crippen LogP contribution is -2.21. The number of thioether (sulfide) groups is 1. The predicted molar refractivity (Wildman–Crippen MR) is 62.7 cm³/mol. The third-order valence-corrected chi connectivity index (χ3v) is 3.08. The Morgan fingerprint density at radius 1 is 1.43 bits per heavy atom. The predicted octanol–water partition coefficient (Wildman–Crippen LogP) is 3.07. The first-order chi connectivity index (χ1) is 6.70. The fourth-order valence-corrected chi connectivity index (χ4v) is 1.92. The molecule has 1 rings (SSSR count). The third kappa shape index (κ3) is 4.20. The van der Waals surface area contributed by atoms with Gasteiger partial charge >= 0.3 is 0 Å². The standard InChI is InChI=1S/C11H19NOS/c1-9(2)14-8-6-12-10(3)11-5-4-7-13-11/h4-5,7,9-10,12H,6,8H2,1-3H3. The van der Waals surface area contributed by atoms with Crippen LogP contribution in [0, 0.1) is 0 Å². The fourth-order valence-electron chi connectivity index (χ4n) is 1.21. The van der Waals surface area contributed by atoms with Gasteiger partial charge in [0, 0.05) is 12.3 Å². The molecule has 1 heterocycles. The molecule has 1 aromatic rings. The highest BCUT2D eigenvalue weighted by atomic mass is 32.2. The van der Waals surface area contributed by atoms with Crippen LogP contribution in [0.15, 0.2) is 22.8 Å². The second kappa shape index (κ2) is 6.14. The van der Waals surface area contributed by atoms with E-state index in [-0.39, 0.29) is 0 Å². The normalized spacial score (nSPS) is 13.4. The van der Waals surface area contributed by atoms with Crippen molar-refractivity contribution in [2.45, 2.75) is 32.1 Å². The van der Waals surface area contributed by atoms with Gasteiger partial charge in [0.1, 0.15) is 5.76 Å². The molecule has 1 N–H and O–H groups in total. The molecule has 0 radical (unpaired) electrons. The molecule has 0 aliphatic rings. The van der Waals surface area contributed by atoms with Crippen LogP contribution in [0.5, 0.6) is 0 Å². The van der Waals surface area contributed by atoms with Crippen LogP contribution in [-0.4, -0.2) is 17.5 Å². The molecule has 1 unspecified atom stereocenters. The Hall–Kier alpha value is -0.410. The molecule has 0 spiro atoms. The van der Waals surface area contributed by atoms with Gasteiger partial charge in [0.15, 0.2) is 0 Å². The van der Waals surface area contributed by atoms with Gasteiger partial charge in [-0.3, -0.25) is 0 Å². The molecule has 0 aliphatic heterocycles. The summed E-state index contributed by atoms with van der Waals surface area (Å²) < 4.78 is 5.30. The van der Waals surface area contributed by atoms with E-state index < -0.39 is 0 Å². The maximum Gasteiger partial charge on any atom is 0.120 e. The van der Waals surface area contributed by atoms with Crippen molar-refractivity contribution in [3.05, 3.63) is 24.2 Å². The Kier molecular flexibility index (Phi) is 5.12. The topological polar surface area (TPSA) is 25.2 Å². The van der Waals surface area contributed by atoms with Crippen LogP contribution in [0.2, 0.25) is 0 Å². The van der Waals surface area contributed by atoms with E-state index in [0.29, 0.717) is 6.04 Å². The summed E-state index contributed by atoms with van der Waals surface area (Å²) in [6.07, 6.45) is 1.72. The first-order valence-electron chi connectivity index (χ1n) is 5.08. The highest BCUT2D eigenvalue weighted by Crippen LogP contribution is 2.13. The summed E-state index contributed by atoms with van der Waals surface area (Å²) in [7, 11) is 0. The monoisotopic (exact) mass is 213 g/mol. The van der Waals surface area contributed by atoms with Crippen LogP contribution in [0.4, 0.5) is 0 Å². The zero-order chi connectivity index (χ0) is 10.4. The lowest BCUT2D eigenvalue weighted by Gasteiger charge is -2.11. The van der Waals surface area contributed by atoms with Crippen molar-refractivity contribution in [2.75, 3.05) is 12.3 Å². The average molecular weight is 213 g/mol. The van der Waals surface area contributed by atoms with Crippen molar-refractivity contribution >= 4 is 11.8 Å². The summed E-state index contributed by atoms with van der Waals surface area (Å²) in [4.78, 5) is 0. The van der Waals surface area contributed by atoms with E-state index in [9.17, 15) is 0 Å². The molecule has 1 atom stereocenters. The summed E-state index contributed by atoms with van der Waals surface area (Å²) >= 11 is 1.98. The molecule has 0 bridgehead atoms. The van der Waals surface area contributed by atoms with Gasteiger partial charge in [-0.1, -0.05) is 13.8 Å². The highest BCUT2D eigenvalue weighted by molar-refractivity contribution is 7.99. The SMILES string of the molecule is CC(C)SCCNC(C)c1ccco1. The zero-order valence-electron chi connectivity index (χ0n) is 9.12. The molecular weight excluding hydrogens is 194 g/mol. The Morgan fingerprint density at radius 3 is 2.79 bits per heavy atom.